The molecule has 2 aliphatic rings. The number of rotatable bonds is 2. The number of alkyl halides is 2. The standard InChI is InChI=1S/C12H10F2O4S/c13-12(14)6-19(12,17)18-7-4-9-8(11(16)5-7)2-1-3-10(9)15/h4-6,16H,1-3H2. The summed E-state index contributed by atoms with van der Waals surface area (Å²) < 4.78 is 41.8. The Morgan fingerprint density at radius 2 is 2.00 bits per heavy atom. The Labute approximate surface area is 108 Å². The lowest BCUT2D eigenvalue weighted by Gasteiger charge is -2.17. The normalized spacial score (nSPS) is 27.4. The summed E-state index contributed by atoms with van der Waals surface area (Å²) in [6, 6.07) is 2.39. The summed E-state index contributed by atoms with van der Waals surface area (Å²) in [4.78, 5) is 11.7. The molecule has 102 valence electrons. The Morgan fingerprint density at radius 1 is 1.32 bits per heavy atom. The fraction of sp³-hybridized carbons (Fsp3) is 0.333. The monoisotopic (exact) mass is 288 g/mol. The molecule has 0 spiro atoms. The number of phenols is 1. The van der Waals surface area contributed by atoms with Gasteiger partial charge in [0.1, 0.15) is 11.5 Å². The average Bonchev–Trinajstić information content (AvgIpc) is 2.78. The molecule has 1 heterocycles. The zero-order chi connectivity index (χ0) is 13.8. The van der Waals surface area contributed by atoms with Gasteiger partial charge < -0.3 is 9.29 Å². The molecule has 1 unspecified atom stereocenters. The maximum atomic E-state index is 12.8. The van der Waals surface area contributed by atoms with Crippen molar-refractivity contribution < 1.29 is 27.1 Å². The number of fused-ring (bicyclic) bond motifs is 1. The molecule has 3 rings (SSSR count). The molecule has 1 atom stereocenters. The molecular weight excluding hydrogens is 278 g/mol. The zero-order valence-electron chi connectivity index (χ0n) is 9.69. The van der Waals surface area contributed by atoms with E-state index < -0.39 is 15.1 Å². The summed E-state index contributed by atoms with van der Waals surface area (Å²) in [5, 5.41) is 6.66. The van der Waals surface area contributed by atoms with E-state index in [0.29, 0.717) is 30.2 Å². The molecule has 4 nitrogen and oxygen atoms in total. The molecule has 1 aliphatic carbocycles. The van der Waals surface area contributed by atoms with Crippen molar-refractivity contribution in [1.29, 1.82) is 0 Å². The largest absolute Gasteiger partial charge is 0.508 e. The van der Waals surface area contributed by atoms with Gasteiger partial charge in [-0.3, -0.25) is 4.79 Å². The van der Waals surface area contributed by atoms with E-state index in [0.717, 1.165) is 6.07 Å². The fourth-order valence-electron chi connectivity index (χ4n) is 2.13. The Morgan fingerprint density at radius 3 is 2.63 bits per heavy atom. The number of benzene rings is 1. The second kappa shape index (κ2) is 3.69. The number of Topliss-reactive ketones (excluding diaryl/α,β-unsaturated/α-hetero) is 1. The van der Waals surface area contributed by atoms with Crippen LogP contribution in [0.3, 0.4) is 0 Å². The maximum Gasteiger partial charge on any atom is 0.374 e. The van der Waals surface area contributed by atoms with Crippen LogP contribution in [0.2, 0.25) is 0 Å². The van der Waals surface area contributed by atoms with Gasteiger partial charge in [-0.2, -0.15) is 8.78 Å². The minimum absolute atomic E-state index is 0.176. The highest BCUT2D eigenvalue weighted by Crippen LogP contribution is 2.39. The summed E-state index contributed by atoms with van der Waals surface area (Å²) in [5.41, 5.74) is 0.748. The van der Waals surface area contributed by atoms with Crippen LogP contribution in [-0.2, 0) is 16.2 Å². The summed E-state index contributed by atoms with van der Waals surface area (Å²) in [6.07, 6.45) is 1.53. The van der Waals surface area contributed by atoms with Crippen LogP contribution in [0, 0.1) is 0 Å². The van der Waals surface area contributed by atoms with Crippen molar-refractivity contribution in [1.82, 2.24) is 0 Å². The summed E-state index contributed by atoms with van der Waals surface area (Å²) in [7, 11) is -3.80. The molecule has 0 fully saturated rings. The van der Waals surface area contributed by atoms with Crippen molar-refractivity contribution in [2.75, 3.05) is 0 Å². The van der Waals surface area contributed by atoms with Crippen molar-refractivity contribution in [3.8, 4) is 11.5 Å². The highest BCUT2D eigenvalue weighted by atomic mass is 32.2. The third-order valence-corrected chi connectivity index (χ3v) is 4.83. The zero-order valence-corrected chi connectivity index (χ0v) is 10.5. The smallest absolute Gasteiger partial charge is 0.374 e. The Kier molecular flexibility index (Phi) is 2.41. The Hall–Kier alpha value is -1.63. The number of carbonyl (C=O) groups excluding carboxylic acids is 1. The Balaban J connectivity index is 1.99. The van der Waals surface area contributed by atoms with Crippen molar-refractivity contribution in [2.45, 2.75) is 24.5 Å². The van der Waals surface area contributed by atoms with Crippen molar-refractivity contribution in [3.63, 3.8) is 0 Å². The van der Waals surface area contributed by atoms with E-state index in [-0.39, 0.29) is 22.8 Å². The number of carbonyl (C=O) groups is 1. The number of phenolic OH excluding ortho intramolecular Hbond substituents is 1. The highest BCUT2D eigenvalue weighted by Gasteiger charge is 2.57. The molecule has 7 heteroatoms. The number of hydrogen-bond acceptors (Lipinski definition) is 4. The summed E-state index contributed by atoms with van der Waals surface area (Å²) in [6.45, 7) is 0. The van der Waals surface area contributed by atoms with Crippen LogP contribution < -0.4 is 4.18 Å². The van der Waals surface area contributed by atoms with Gasteiger partial charge in [0.15, 0.2) is 15.6 Å². The molecule has 0 saturated heterocycles. The first kappa shape index (κ1) is 12.4. The lowest BCUT2D eigenvalue weighted by Crippen LogP contribution is -2.13. The van der Waals surface area contributed by atoms with Gasteiger partial charge >= 0.3 is 5.25 Å². The topological polar surface area (TPSA) is 63.6 Å². The van der Waals surface area contributed by atoms with Crippen LogP contribution in [0.25, 0.3) is 0 Å². The first-order chi connectivity index (χ1) is 8.82. The SMILES string of the molecule is O=C1CCCc2c(O)cc(OS3(=O)=CC3(F)F)cc21. The van der Waals surface area contributed by atoms with E-state index in [4.69, 9.17) is 4.18 Å². The molecule has 0 aromatic heterocycles. The predicted molar refractivity (Wildman–Crippen MR) is 65.2 cm³/mol. The van der Waals surface area contributed by atoms with Gasteiger partial charge in [0.2, 0.25) is 0 Å². The molecule has 1 aromatic carbocycles. The molecule has 0 bridgehead atoms. The number of ketones is 1. The molecule has 0 radical (unpaired) electrons. The second-order valence-corrected chi connectivity index (χ2v) is 6.59. The van der Waals surface area contributed by atoms with Gasteiger partial charge in [0.05, 0.1) is 5.37 Å². The lowest BCUT2D eigenvalue weighted by atomic mass is 9.90. The van der Waals surface area contributed by atoms with Crippen LogP contribution in [0.1, 0.15) is 28.8 Å². The molecular formula is C12H10F2O4S. The van der Waals surface area contributed by atoms with E-state index in [1.54, 1.807) is 0 Å². The second-order valence-electron chi connectivity index (χ2n) is 4.55. The predicted octanol–water partition coefficient (Wildman–Crippen LogP) is 1.90. The van der Waals surface area contributed by atoms with Gasteiger partial charge in [0, 0.05) is 23.6 Å². The third kappa shape index (κ3) is 1.88. The van der Waals surface area contributed by atoms with Crippen LogP contribution in [0.5, 0.6) is 11.5 Å². The fourth-order valence-corrected chi connectivity index (χ4v) is 3.22. The van der Waals surface area contributed by atoms with Crippen molar-refractivity contribution in [3.05, 3.63) is 23.3 Å². The minimum Gasteiger partial charge on any atom is -0.508 e. The van der Waals surface area contributed by atoms with Gasteiger partial charge in [0.25, 0.3) is 0 Å². The summed E-state index contributed by atoms with van der Waals surface area (Å²) in [5.74, 6) is -0.541. The third-order valence-electron chi connectivity index (χ3n) is 3.17. The van der Waals surface area contributed by atoms with E-state index >= 15 is 0 Å². The van der Waals surface area contributed by atoms with Crippen LogP contribution >= 0.6 is 0 Å². The van der Waals surface area contributed by atoms with Crippen LogP contribution in [0.15, 0.2) is 12.1 Å². The average molecular weight is 288 g/mol. The molecule has 19 heavy (non-hydrogen) atoms. The molecule has 1 N–H and O–H groups in total. The van der Waals surface area contributed by atoms with Gasteiger partial charge in [-0.05, 0) is 18.9 Å². The van der Waals surface area contributed by atoms with Crippen molar-refractivity contribution >= 4 is 21.0 Å². The van der Waals surface area contributed by atoms with Crippen molar-refractivity contribution in [2.24, 2.45) is 0 Å². The first-order valence-electron chi connectivity index (χ1n) is 5.68. The van der Waals surface area contributed by atoms with Crippen LogP contribution in [0.4, 0.5) is 8.78 Å². The van der Waals surface area contributed by atoms with E-state index in [9.17, 15) is 22.9 Å². The number of hydrogen-bond donors (Lipinski definition) is 1. The van der Waals surface area contributed by atoms with Gasteiger partial charge in [-0.1, -0.05) is 0 Å². The maximum absolute atomic E-state index is 12.8. The molecule has 1 aliphatic heterocycles. The van der Waals surface area contributed by atoms with Crippen LogP contribution in [-0.4, -0.2) is 25.7 Å². The Bertz CT molecular complexity index is 702. The van der Waals surface area contributed by atoms with Gasteiger partial charge in [-0.15, -0.1) is 0 Å². The van der Waals surface area contributed by atoms with E-state index in [1.807, 2.05) is 0 Å². The molecule has 0 amide bonds. The van der Waals surface area contributed by atoms with E-state index in [2.05, 4.69) is 0 Å². The minimum atomic E-state index is -3.80. The highest BCUT2D eigenvalue weighted by molar-refractivity contribution is 8.07. The molecule has 1 aromatic rings. The number of aromatic hydroxyl groups is 1. The number of halogens is 2. The first-order valence-corrected chi connectivity index (χ1v) is 7.23. The summed E-state index contributed by atoms with van der Waals surface area (Å²) >= 11 is 0. The van der Waals surface area contributed by atoms with Gasteiger partial charge in [-0.25, -0.2) is 4.21 Å². The van der Waals surface area contributed by atoms with E-state index in [1.165, 1.54) is 6.07 Å². The quantitative estimate of drug-likeness (QED) is 0.844. The lowest BCUT2D eigenvalue weighted by molar-refractivity contribution is 0.0971. The molecule has 0 saturated carbocycles.